The average molecular weight is 510 g/mol. The second-order valence-corrected chi connectivity index (χ2v) is 9.89. The molecule has 0 bridgehead atoms. The number of urea groups is 1. The third-order valence-corrected chi connectivity index (χ3v) is 6.72. The van der Waals surface area contributed by atoms with E-state index in [0.717, 1.165) is 16.0 Å². The number of carbonyl (C=O) groups is 2. The summed E-state index contributed by atoms with van der Waals surface area (Å²) in [5, 5.41) is 4.93. The fraction of sp³-hybridized carbons (Fsp3) is 0.357. The summed E-state index contributed by atoms with van der Waals surface area (Å²) in [6.07, 6.45) is 0.647. The van der Waals surface area contributed by atoms with Gasteiger partial charge in [0, 0.05) is 23.2 Å². The topological polar surface area (TPSA) is 71.1 Å². The van der Waals surface area contributed by atoms with Crippen LogP contribution in [0.2, 0.25) is 0 Å². The van der Waals surface area contributed by atoms with Crippen LogP contribution in [0.4, 0.5) is 10.5 Å². The summed E-state index contributed by atoms with van der Waals surface area (Å²) in [6, 6.07) is 17.0. The van der Waals surface area contributed by atoms with E-state index in [1.807, 2.05) is 85.6 Å². The van der Waals surface area contributed by atoms with Crippen molar-refractivity contribution in [2.45, 2.75) is 39.8 Å². The zero-order valence-corrected chi connectivity index (χ0v) is 22.4. The van der Waals surface area contributed by atoms with E-state index >= 15 is 0 Å². The van der Waals surface area contributed by atoms with E-state index in [9.17, 15) is 9.59 Å². The van der Waals surface area contributed by atoms with Gasteiger partial charge in [0.2, 0.25) is 5.91 Å². The molecule has 8 heteroatoms. The quantitative estimate of drug-likeness (QED) is 0.366. The van der Waals surface area contributed by atoms with Crippen molar-refractivity contribution in [3.63, 3.8) is 0 Å². The van der Waals surface area contributed by atoms with Crippen molar-refractivity contribution < 1.29 is 19.1 Å². The van der Waals surface area contributed by atoms with Gasteiger partial charge in [-0.25, -0.2) is 4.79 Å². The van der Waals surface area contributed by atoms with E-state index in [1.54, 1.807) is 30.5 Å². The van der Waals surface area contributed by atoms with Gasteiger partial charge in [-0.3, -0.25) is 4.79 Å². The van der Waals surface area contributed by atoms with Gasteiger partial charge in [0.25, 0.3) is 0 Å². The molecule has 0 radical (unpaired) electrons. The molecular weight excluding hydrogens is 474 g/mol. The third-order valence-electron chi connectivity index (χ3n) is 5.86. The molecule has 1 N–H and O–H groups in total. The fourth-order valence-corrected chi connectivity index (χ4v) is 4.55. The van der Waals surface area contributed by atoms with Gasteiger partial charge in [0.15, 0.2) is 11.5 Å². The Morgan fingerprint density at radius 1 is 1.00 bits per heavy atom. The van der Waals surface area contributed by atoms with Gasteiger partial charge in [-0.1, -0.05) is 24.3 Å². The summed E-state index contributed by atoms with van der Waals surface area (Å²) >= 11 is 1.61. The lowest BCUT2D eigenvalue weighted by molar-refractivity contribution is -0.132. The lowest BCUT2D eigenvalue weighted by Crippen LogP contribution is -2.47. The van der Waals surface area contributed by atoms with Crippen LogP contribution in [-0.2, 0) is 17.8 Å². The summed E-state index contributed by atoms with van der Waals surface area (Å²) < 4.78 is 10.8. The number of anilines is 1. The molecule has 0 atom stereocenters. The van der Waals surface area contributed by atoms with Crippen LogP contribution in [0, 0.1) is 6.92 Å². The number of hydrogen-bond donors (Lipinski definition) is 1. The number of carbonyl (C=O) groups excluding carboxylic acids is 2. The molecule has 192 valence electrons. The first-order valence-corrected chi connectivity index (χ1v) is 12.8. The number of ether oxygens (including phenoxy) is 2. The zero-order valence-electron chi connectivity index (χ0n) is 21.6. The maximum atomic E-state index is 13.5. The van der Waals surface area contributed by atoms with E-state index in [2.05, 4.69) is 5.32 Å². The molecule has 3 rings (SSSR count). The molecule has 1 heterocycles. The van der Waals surface area contributed by atoms with Gasteiger partial charge in [-0.2, -0.15) is 0 Å². The Hall–Kier alpha value is -3.52. The normalized spacial score (nSPS) is 10.7. The number of thiophene rings is 1. The highest BCUT2D eigenvalue weighted by atomic mass is 32.1. The molecule has 36 heavy (non-hydrogen) atoms. The molecule has 3 aromatic rings. The van der Waals surface area contributed by atoms with Gasteiger partial charge in [0.05, 0.1) is 20.8 Å². The van der Waals surface area contributed by atoms with Crippen LogP contribution in [0.1, 0.15) is 29.9 Å². The second-order valence-electron chi connectivity index (χ2n) is 8.86. The predicted molar refractivity (Wildman–Crippen MR) is 145 cm³/mol. The van der Waals surface area contributed by atoms with Crippen molar-refractivity contribution in [2.24, 2.45) is 0 Å². The predicted octanol–water partition coefficient (Wildman–Crippen LogP) is 5.59. The molecule has 0 saturated carbocycles. The molecule has 7 nitrogen and oxygen atoms in total. The Bertz CT molecular complexity index is 1150. The van der Waals surface area contributed by atoms with E-state index in [4.69, 9.17) is 9.47 Å². The highest BCUT2D eigenvalue weighted by Crippen LogP contribution is 2.28. The Kier molecular flexibility index (Phi) is 9.76. The number of nitrogens with one attached hydrogen (secondary N) is 1. The minimum atomic E-state index is -0.292. The van der Waals surface area contributed by atoms with Crippen LogP contribution in [0.25, 0.3) is 0 Å². The van der Waals surface area contributed by atoms with Gasteiger partial charge in [-0.15, -0.1) is 11.3 Å². The number of benzene rings is 2. The van der Waals surface area contributed by atoms with E-state index in [0.29, 0.717) is 36.7 Å². The molecule has 0 fully saturated rings. The lowest BCUT2D eigenvalue weighted by Gasteiger charge is -2.30. The number of rotatable bonds is 11. The summed E-state index contributed by atoms with van der Waals surface area (Å²) in [4.78, 5) is 31.1. The fourth-order valence-electron chi connectivity index (χ4n) is 3.84. The number of hydrogen-bond acceptors (Lipinski definition) is 5. The summed E-state index contributed by atoms with van der Waals surface area (Å²) in [5.41, 5.74) is 2.80. The summed E-state index contributed by atoms with van der Waals surface area (Å²) in [5.74, 6) is 1.22. The van der Waals surface area contributed by atoms with Crippen LogP contribution >= 0.6 is 11.3 Å². The molecule has 0 aliphatic rings. The Morgan fingerprint density at radius 3 is 2.42 bits per heavy atom. The summed E-state index contributed by atoms with van der Waals surface area (Å²) in [6.45, 7) is 6.80. The minimum absolute atomic E-state index is 0.00732. The van der Waals surface area contributed by atoms with E-state index in [-0.39, 0.29) is 24.5 Å². The maximum absolute atomic E-state index is 13.5. The smallest absolute Gasteiger partial charge is 0.322 e. The van der Waals surface area contributed by atoms with Crippen LogP contribution in [-0.4, -0.2) is 55.1 Å². The van der Waals surface area contributed by atoms with Crippen LogP contribution in [0.3, 0.4) is 0 Å². The molecule has 0 saturated heterocycles. The van der Waals surface area contributed by atoms with Gasteiger partial charge < -0.3 is 24.6 Å². The number of amides is 3. The Labute approximate surface area is 217 Å². The lowest BCUT2D eigenvalue weighted by atomic mass is 10.1. The molecule has 0 aliphatic heterocycles. The zero-order chi connectivity index (χ0) is 26.1. The second kappa shape index (κ2) is 13.0. The highest BCUT2D eigenvalue weighted by molar-refractivity contribution is 7.09. The molecule has 0 aliphatic carbocycles. The molecule has 1 aromatic heterocycles. The standard InChI is InChI=1S/C28H35N3O4S/c1-20(2)31(28(33)29-23-9-6-8-21(3)16-23)19-27(32)30(18-24-10-7-15-36-24)14-13-22-11-12-25(34-4)26(17-22)35-5/h6-12,15-17,20H,13-14,18-19H2,1-5H3,(H,29,33). The number of methoxy groups -OCH3 is 2. The molecule has 2 aromatic carbocycles. The monoisotopic (exact) mass is 509 g/mol. The van der Waals surface area contributed by atoms with Gasteiger partial charge in [0.1, 0.15) is 6.54 Å². The third kappa shape index (κ3) is 7.49. The minimum Gasteiger partial charge on any atom is -0.493 e. The van der Waals surface area contributed by atoms with Crippen molar-refractivity contribution >= 4 is 29.0 Å². The van der Waals surface area contributed by atoms with Crippen LogP contribution in [0.15, 0.2) is 60.0 Å². The number of nitrogens with zero attached hydrogens (tertiary/aromatic N) is 2. The SMILES string of the molecule is COc1ccc(CCN(Cc2cccs2)C(=O)CN(C(=O)Nc2cccc(C)c2)C(C)C)cc1OC. The van der Waals surface area contributed by atoms with Crippen molar-refractivity contribution in [1.29, 1.82) is 0 Å². The van der Waals surface area contributed by atoms with Gasteiger partial charge in [-0.05, 0) is 74.0 Å². The molecular formula is C28H35N3O4S. The molecule has 0 unspecified atom stereocenters. The van der Waals surface area contributed by atoms with Crippen molar-refractivity contribution in [3.8, 4) is 11.5 Å². The first kappa shape index (κ1) is 27.1. The average Bonchev–Trinajstić information content (AvgIpc) is 3.37. The van der Waals surface area contributed by atoms with Crippen molar-refractivity contribution in [2.75, 3.05) is 32.6 Å². The first-order valence-electron chi connectivity index (χ1n) is 12.0. The Balaban J connectivity index is 1.73. The van der Waals surface area contributed by atoms with Crippen LogP contribution in [0.5, 0.6) is 11.5 Å². The van der Waals surface area contributed by atoms with E-state index in [1.165, 1.54) is 0 Å². The maximum Gasteiger partial charge on any atom is 0.322 e. The molecule has 3 amide bonds. The summed E-state index contributed by atoms with van der Waals surface area (Å²) in [7, 11) is 3.21. The highest BCUT2D eigenvalue weighted by Gasteiger charge is 2.24. The van der Waals surface area contributed by atoms with Crippen molar-refractivity contribution in [3.05, 3.63) is 76.0 Å². The Morgan fingerprint density at radius 2 is 1.78 bits per heavy atom. The first-order chi connectivity index (χ1) is 17.3. The largest absolute Gasteiger partial charge is 0.493 e. The van der Waals surface area contributed by atoms with Crippen molar-refractivity contribution in [1.82, 2.24) is 9.80 Å². The van der Waals surface area contributed by atoms with E-state index < -0.39 is 0 Å². The molecule has 0 spiro atoms. The van der Waals surface area contributed by atoms with Gasteiger partial charge >= 0.3 is 6.03 Å². The van der Waals surface area contributed by atoms with Crippen LogP contribution < -0.4 is 14.8 Å². The number of aryl methyl sites for hydroxylation is 1.